The number of hydrogen-bond acceptors (Lipinski definition) is 6. The quantitative estimate of drug-likeness (QED) is 0.165. The van der Waals surface area contributed by atoms with Gasteiger partial charge >= 0.3 is 0 Å². The third-order valence-electron chi connectivity index (χ3n) is 4.19. The fourth-order valence-corrected chi connectivity index (χ4v) is 3.64. The maximum Gasteiger partial charge on any atom is 0.269 e. The van der Waals surface area contributed by atoms with E-state index in [0.29, 0.717) is 28.1 Å². The van der Waals surface area contributed by atoms with Gasteiger partial charge in [-0.15, -0.1) is 16.8 Å². The summed E-state index contributed by atoms with van der Waals surface area (Å²) in [5.74, 6) is 0.608. The van der Waals surface area contributed by atoms with Gasteiger partial charge in [-0.1, -0.05) is 41.6 Å². The summed E-state index contributed by atoms with van der Waals surface area (Å²) in [4.78, 5) is 22.7. The molecule has 2 aromatic carbocycles. The Balaban J connectivity index is 1.79. The largest absolute Gasteiger partial charge is 0.298 e. The van der Waals surface area contributed by atoms with Crippen molar-refractivity contribution >= 4 is 34.8 Å². The van der Waals surface area contributed by atoms with E-state index >= 15 is 0 Å². The maximum atomic E-state index is 12.4. The Labute approximate surface area is 176 Å². The van der Waals surface area contributed by atoms with Crippen molar-refractivity contribution in [3.63, 3.8) is 0 Å². The van der Waals surface area contributed by atoms with E-state index in [0.717, 1.165) is 11.1 Å². The molecular weight excluding hydrogens is 412 g/mol. The van der Waals surface area contributed by atoms with E-state index in [9.17, 15) is 14.9 Å². The van der Waals surface area contributed by atoms with Gasteiger partial charge in [0.25, 0.3) is 5.69 Å². The fraction of sp³-hybridized carbons (Fsp3) is 0.150. The van der Waals surface area contributed by atoms with Crippen LogP contribution in [-0.2, 0) is 6.54 Å². The number of nitro benzene ring substituents is 1. The number of Topliss-reactive ketones (excluding diaryl/α,β-unsaturated/α-hetero) is 1. The molecule has 0 saturated heterocycles. The number of carbonyl (C=O) groups excluding carboxylic acids is 1. The summed E-state index contributed by atoms with van der Waals surface area (Å²) in [5.41, 5.74) is 2.14. The highest BCUT2D eigenvalue weighted by Crippen LogP contribution is 2.28. The average Bonchev–Trinajstić information content (AvgIpc) is 3.11. The van der Waals surface area contributed by atoms with E-state index in [-0.39, 0.29) is 17.2 Å². The molecule has 0 aliphatic carbocycles. The normalized spacial score (nSPS) is 10.7. The van der Waals surface area contributed by atoms with Crippen LogP contribution in [0.2, 0.25) is 5.02 Å². The molecule has 0 spiro atoms. The van der Waals surface area contributed by atoms with Crippen LogP contribution in [0.3, 0.4) is 0 Å². The van der Waals surface area contributed by atoms with Gasteiger partial charge in [0.2, 0.25) is 0 Å². The number of non-ortho nitro benzene ring substituents is 1. The van der Waals surface area contributed by atoms with Crippen LogP contribution in [0.15, 0.2) is 60.3 Å². The monoisotopic (exact) mass is 428 g/mol. The smallest absolute Gasteiger partial charge is 0.269 e. The van der Waals surface area contributed by atoms with Crippen molar-refractivity contribution in [1.29, 1.82) is 0 Å². The number of benzene rings is 2. The zero-order chi connectivity index (χ0) is 21.0. The van der Waals surface area contributed by atoms with Crippen LogP contribution in [0.4, 0.5) is 5.69 Å². The molecule has 1 aromatic heterocycles. The van der Waals surface area contributed by atoms with E-state index in [1.165, 1.54) is 36.0 Å². The van der Waals surface area contributed by atoms with Crippen molar-refractivity contribution in [2.75, 3.05) is 5.75 Å². The summed E-state index contributed by atoms with van der Waals surface area (Å²) in [6.07, 6.45) is 1.73. The first-order valence-electron chi connectivity index (χ1n) is 8.61. The van der Waals surface area contributed by atoms with Crippen LogP contribution >= 0.6 is 23.4 Å². The highest BCUT2D eigenvalue weighted by molar-refractivity contribution is 7.99. The number of nitro groups is 1. The van der Waals surface area contributed by atoms with E-state index in [4.69, 9.17) is 11.6 Å². The number of hydrogen-bond donors (Lipinski definition) is 0. The van der Waals surface area contributed by atoms with Gasteiger partial charge in [-0.05, 0) is 30.7 Å². The molecule has 0 bridgehead atoms. The molecule has 0 N–H and O–H groups in total. The molecule has 9 heteroatoms. The minimum absolute atomic E-state index is 0.0543. The lowest BCUT2D eigenvalue weighted by Gasteiger charge is -2.08. The first-order chi connectivity index (χ1) is 13.9. The number of thioether (sulfide) groups is 1. The lowest BCUT2D eigenvalue weighted by atomic mass is 10.1. The average molecular weight is 429 g/mol. The molecule has 7 nitrogen and oxygen atoms in total. The van der Waals surface area contributed by atoms with Crippen LogP contribution in [0.1, 0.15) is 15.9 Å². The topological polar surface area (TPSA) is 90.9 Å². The predicted octanol–water partition coefficient (Wildman–Crippen LogP) is 4.98. The second-order valence-corrected chi connectivity index (χ2v) is 7.53. The lowest BCUT2D eigenvalue weighted by molar-refractivity contribution is -0.384. The highest BCUT2D eigenvalue weighted by Gasteiger charge is 2.17. The number of carbonyl (C=O) groups is 1. The molecule has 0 radical (unpaired) electrons. The van der Waals surface area contributed by atoms with E-state index in [1.807, 2.05) is 29.7 Å². The summed E-state index contributed by atoms with van der Waals surface area (Å²) in [6.45, 7) is 6.17. The zero-order valence-corrected chi connectivity index (χ0v) is 17.1. The number of halogens is 1. The Morgan fingerprint density at radius 1 is 1.28 bits per heavy atom. The molecule has 0 aliphatic heterocycles. The van der Waals surface area contributed by atoms with Crippen molar-refractivity contribution in [1.82, 2.24) is 14.8 Å². The van der Waals surface area contributed by atoms with Gasteiger partial charge in [0, 0.05) is 34.8 Å². The Morgan fingerprint density at radius 3 is 2.62 bits per heavy atom. The predicted molar refractivity (Wildman–Crippen MR) is 114 cm³/mol. The summed E-state index contributed by atoms with van der Waals surface area (Å²) < 4.78 is 1.86. The number of aryl methyl sites for hydroxylation is 1. The third-order valence-corrected chi connectivity index (χ3v) is 5.56. The van der Waals surface area contributed by atoms with Gasteiger partial charge in [0.1, 0.15) is 0 Å². The summed E-state index contributed by atoms with van der Waals surface area (Å²) in [5, 5.41) is 20.4. The second kappa shape index (κ2) is 9.02. The van der Waals surface area contributed by atoms with Crippen molar-refractivity contribution < 1.29 is 9.72 Å². The van der Waals surface area contributed by atoms with Crippen LogP contribution in [0.5, 0.6) is 0 Å². The number of allylic oxidation sites excluding steroid dienone is 1. The molecule has 3 aromatic rings. The maximum absolute atomic E-state index is 12.4. The molecule has 0 unspecified atom stereocenters. The fourth-order valence-electron chi connectivity index (χ4n) is 2.62. The van der Waals surface area contributed by atoms with Gasteiger partial charge in [-0.3, -0.25) is 19.5 Å². The van der Waals surface area contributed by atoms with E-state index in [1.54, 1.807) is 6.08 Å². The Morgan fingerprint density at radius 2 is 2.00 bits per heavy atom. The highest BCUT2D eigenvalue weighted by atomic mass is 35.5. The lowest BCUT2D eigenvalue weighted by Crippen LogP contribution is -2.05. The Hall–Kier alpha value is -2.97. The molecule has 0 saturated carbocycles. The molecule has 0 fully saturated rings. The number of rotatable bonds is 8. The first-order valence-corrected chi connectivity index (χ1v) is 9.98. The number of nitrogens with zero attached hydrogens (tertiary/aromatic N) is 4. The SMILES string of the molecule is C=CCn1c(SCC(=O)c2ccc([N+](=O)[O-])cc2)nnc1-c1ccc(C)c(Cl)c1. The van der Waals surface area contributed by atoms with Gasteiger partial charge in [-0.25, -0.2) is 0 Å². The molecule has 0 amide bonds. The third kappa shape index (κ3) is 4.72. The van der Waals surface area contributed by atoms with Crippen LogP contribution in [0, 0.1) is 17.0 Å². The molecule has 29 heavy (non-hydrogen) atoms. The number of ketones is 1. The molecular formula is C20H17ClN4O3S. The minimum Gasteiger partial charge on any atom is -0.298 e. The van der Waals surface area contributed by atoms with Crippen LogP contribution in [-0.4, -0.2) is 31.2 Å². The van der Waals surface area contributed by atoms with Gasteiger partial charge in [0.15, 0.2) is 16.8 Å². The van der Waals surface area contributed by atoms with Crippen molar-refractivity contribution in [2.45, 2.75) is 18.6 Å². The minimum atomic E-state index is -0.500. The van der Waals surface area contributed by atoms with Crippen molar-refractivity contribution in [3.8, 4) is 11.4 Å². The van der Waals surface area contributed by atoms with E-state index in [2.05, 4.69) is 16.8 Å². The molecule has 148 valence electrons. The summed E-state index contributed by atoms with van der Waals surface area (Å²) in [6, 6.07) is 11.2. The molecule has 0 aliphatic rings. The standard InChI is InChI=1S/C20H17ClN4O3S/c1-3-10-24-19(15-5-4-13(2)17(21)11-15)22-23-20(24)29-12-18(26)14-6-8-16(9-7-14)25(27)28/h3-9,11H,1,10,12H2,2H3. The zero-order valence-electron chi connectivity index (χ0n) is 15.5. The summed E-state index contributed by atoms with van der Waals surface area (Å²) in [7, 11) is 0. The van der Waals surface area contributed by atoms with Crippen molar-refractivity contribution in [2.24, 2.45) is 0 Å². The molecule has 3 rings (SSSR count). The van der Waals surface area contributed by atoms with Gasteiger partial charge in [-0.2, -0.15) is 0 Å². The van der Waals surface area contributed by atoms with Gasteiger partial charge in [0.05, 0.1) is 10.7 Å². The Kier molecular flexibility index (Phi) is 6.46. The summed E-state index contributed by atoms with van der Waals surface area (Å²) >= 11 is 7.48. The van der Waals surface area contributed by atoms with E-state index < -0.39 is 4.92 Å². The second-order valence-electron chi connectivity index (χ2n) is 6.19. The first kappa shape index (κ1) is 20.8. The van der Waals surface area contributed by atoms with Gasteiger partial charge < -0.3 is 0 Å². The van der Waals surface area contributed by atoms with Crippen LogP contribution < -0.4 is 0 Å². The molecule has 1 heterocycles. The molecule has 0 atom stereocenters. The Bertz CT molecular complexity index is 1080. The van der Waals surface area contributed by atoms with Crippen molar-refractivity contribution in [3.05, 3.63) is 81.4 Å². The number of aromatic nitrogens is 3. The van der Waals surface area contributed by atoms with Crippen LogP contribution in [0.25, 0.3) is 11.4 Å².